The summed E-state index contributed by atoms with van der Waals surface area (Å²) >= 11 is 0. The molecule has 5 rings (SSSR count). The minimum absolute atomic E-state index is 0.352. The van der Waals surface area contributed by atoms with Crippen LogP contribution in [0.4, 0.5) is 22.7 Å². The summed E-state index contributed by atoms with van der Waals surface area (Å²) in [5.41, 5.74) is 6.14. The Morgan fingerprint density at radius 1 is 0.654 bits per heavy atom. The monoisotopic (exact) mass is 336 g/mol. The Hall–Kier alpha value is -3.26. The van der Waals surface area contributed by atoms with Crippen LogP contribution in [0.2, 0.25) is 0 Å². The molecule has 26 heavy (non-hydrogen) atoms. The summed E-state index contributed by atoms with van der Waals surface area (Å²) < 4.78 is 0. The van der Waals surface area contributed by atoms with Gasteiger partial charge in [-0.25, -0.2) is 0 Å². The van der Waals surface area contributed by atoms with Crippen LogP contribution < -0.4 is 10.2 Å². The van der Waals surface area contributed by atoms with Gasteiger partial charge in [0.15, 0.2) is 0 Å². The molecule has 3 aromatic rings. The Labute approximate surface area is 154 Å². The number of benzene rings is 3. The number of nitrogens with one attached hydrogen (secondary N) is 1. The molecule has 1 aliphatic carbocycles. The lowest BCUT2D eigenvalue weighted by molar-refractivity contribution is 0.745. The van der Waals surface area contributed by atoms with Crippen molar-refractivity contribution < 1.29 is 0 Å². The number of rotatable bonds is 3. The van der Waals surface area contributed by atoms with Gasteiger partial charge in [0.25, 0.3) is 0 Å². The highest BCUT2D eigenvalue weighted by Crippen LogP contribution is 2.47. The first-order valence-corrected chi connectivity index (χ1v) is 9.05. The average molecular weight is 336 g/mol. The molecule has 2 heteroatoms. The van der Waals surface area contributed by atoms with E-state index in [9.17, 15) is 0 Å². The van der Waals surface area contributed by atoms with E-state index in [1.54, 1.807) is 0 Å². The summed E-state index contributed by atoms with van der Waals surface area (Å²) in [7, 11) is 0. The first-order chi connectivity index (χ1) is 12.9. The van der Waals surface area contributed by atoms with E-state index >= 15 is 0 Å². The molecule has 0 saturated carbocycles. The molecule has 126 valence electrons. The van der Waals surface area contributed by atoms with E-state index in [1.165, 1.54) is 16.9 Å². The Kier molecular flexibility index (Phi) is 3.60. The molecule has 1 aliphatic heterocycles. The fraction of sp³-hybridized carbons (Fsp3) is 0.0833. The van der Waals surface area contributed by atoms with Crippen molar-refractivity contribution in [2.24, 2.45) is 0 Å². The van der Waals surface area contributed by atoms with E-state index in [4.69, 9.17) is 0 Å². The lowest BCUT2D eigenvalue weighted by atomic mass is 9.91. The molecule has 3 aromatic carbocycles. The molecule has 2 atom stereocenters. The van der Waals surface area contributed by atoms with Gasteiger partial charge < -0.3 is 10.2 Å². The van der Waals surface area contributed by atoms with Crippen LogP contribution in [0.1, 0.15) is 11.5 Å². The maximum absolute atomic E-state index is 3.45. The molecule has 0 spiro atoms. The van der Waals surface area contributed by atoms with Crippen LogP contribution in [-0.4, -0.2) is 6.04 Å². The van der Waals surface area contributed by atoms with Gasteiger partial charge >= 0.3 is 0 Å². The van der Waals surface area contributed by atoms with Crippen molar-refractivity contribution in [3.8, 4) is 0 Å². The molecule has 0 saturated heterocycles. The molecular weight excluding hydrogens is 316 g/mol. The SMILES string of the molecule is C1=CC2c3ccccc3N(c3ccc(Nc4ccccc4)cc3)C2C=C1. The van der Waals surface area contributed by atoms with E-state index in [0.29, 0.717) is 12.0 Å². The third-order valence-corrected chi connectivity index (χ3v) is 5.17. The zero-order valence-electron chi connectivity index (χ0n) is 14.4. The van der Waals surface area contributed by atoms with E-state index < -0.39 is 0 Å². The van der Waals surface area contributed by atoms with Crippen molar-refractivity contribution in [2.45, 2.75) is 12.0 Å². The Morgan fingerprint density at radius 3 is 2.19 bits per heavy atom. The quantitative estimate of drug-likeness (QED) is 0.616. The van der Waals surface area contributed by atoms with Crippen molar-refractivity contribution in [3.63, 3.8) is 0 Å². The number of allylic oxidation sites excluding steroid dienone is 2. The summed E-state index contributed by atoms with van der Waals surface area (Å²) in [6.45, 7) is 0. The molecule has 0 radical (unpaired) electrons. The van der Waals surface area contributed by atoms with Crippen molar-refractivity contribution in [3.05, 3.63) is 109 Å². The molecular formula is C24H20N2. The number of fused-ring (bicyclic) bond motifs is 3. The van der Waals surface area contributed by atoms with Crippen LogP contribution in [0.15, 0.2) is 103 Å². The summed E-state index contributed by atoms with van der Waals surface area (Å²) in [6, 6.07) is 28.1. The fourth-order valence-corrected chi connectivity index (χ4v) is 3.98. The highest BCUT2D eigenvalue weighted by molar-refractivity contribution is 5.76. The zero-order valence-corrected chi connectivity index (χ0v) is 14.4. The maximum Gasteiger partial charge on any atom is 0.0629 e. The molecule has 0 amide bonds. The van der Waals surface area contributed by atoms with Crippen molar-refractivity contribution in [1.29, 1.82) is 0 Å². The van der Waals surface area contributed by atoms with Gasteiger partial charge in [-0.3, -0.25) is 0 Å². The summed E-state index contributed by atoms with van der Waals surface area (Å²) in [5.74, 6) is 0.429. The normalized spacial score (nSPS) is 19.9. The van der Waals surface area contributed by atoms with E-state index in [2.05, 4.69) is 95.2 Å². The van der Waals surface area contributed by atoms with Crippen LogP contribution in [0.5, 0.6) is 0 Å². The van der Waals surface area contributed by atoms with Gasteiger partial charge in [-0.2, -0.15) is 0 Å². The van der Waals surface area contributed by atoms with E-state index in [1.807, 2.05) is 18.2 Å². The third-order valence-electron chi connectivity index (χ3n) is 5.17. The van der Waals surface area contributed by atoms with Crippen LogP contribution >= 0.6 is 0 Å². The summed E-state index contributed by atoms with van der Waals surface area (Å²) in [5, 5.41) is 3.45. The van der Waals surface area contributed by atoms with Gasteiger partial charge in [-0.05, 0) is 48.0 Å². The van der Waals surface area contributed by atoms with Crippen molar-refractivity contribution in [2.75, 3.05) is 10.2 Å². The predicted molar refractivity (Wildman–Crippen MR) is 110 cm³/mol. The van der Waals surface area contributed by atoms with Gasteiger partial charge in [0.05, 0.1) is 6.04 Å². The molecule has 2 unspecified atom stereocenters. The van der Waals surface area contributed by atoms with Crippen LogP contribution in [0.3, 0.4) is 0 Å². The average Bonchev–Trinajstić information content (AvgIpc) is 3.04. The highest BCUT2D eigenvalue weighted by Gasteiger charge is 2.36. The largest absolute Gasteiger partial charge is 0.356 e. The second-order valence-corrected chi connectivity index (χ2v) is 6.75. The number of para-hydroxylation sites is 2. The van der Waals surface area contributed by atoms with Crippen LogP contribution in [0.25, 0.3) is 0 Å². The second-order valence-electron chi connectivity index (χ2n) is 6.75. The Bertz CT molecular complexity index is 971. The Balaban J connectivity index is 1.48. The number of hydrogen-bond acceptors (Lipinski definition) is 2. The Morgan fingerprint density at radius 2 is 1.35 bits per heavy atom. The smallest absolute Gasteiger partial charge is 0.0629 e. The molecule has 0 bridgehead atoms. The molecule has 0 aromatic heterocycles. The number of hydrogen-bond donors (Lipinski definition) is 1. The number of nitrogens with zero attached hydrogens (tertiary/aromatic N) is 1. The molecule has 2 nitrogen and oxygen atoms in total. The fourth-order valence-electron chi connectivity index (χ4n) is 3.98. The van der Waals surface area contributed by atoms with Gasteiger partial charge in [-0.1, -0.05) is 60.7 Å². The van der Waals surface area contributed by atoms with E-state index in [0.717, 1.165) is 11.4 Å². The summed E-state index contributed by atoms with van der Waals surface area (Å²) in [6.07, 6.45) is 8.94. The highest BCUT2D eigenvalue weighted by atomic mass is 15.2. The topological polar surface area (TPSA) is 15.3 Å². The number of anilines is 4. The molecule has 1 N–H and O–H groups in total. The molecule has 1 heterocycles. The second kappa shape index (κ2) is 6.23. The van der Waals surface area contributed by atoms with Crippen molar-refractivity contribution in [1.82, 2.24) is 0 Å². The van der Waals surface area contributed by atoms with Gasteiger partial charge in [0.2, 0.25) is 0 Å². The lowest BCUT2D eigenvalue weighted by Gasteiger charge is -2.28. The molecule has 0 fully saturated rings. The van der Waals surface area contributed by atoms with Crippen molar-refractivity contribution >= 4 is 22.7 Å². The van der Waals surface area contributed by atoms with Crippen LogP contribution in [0, 0.1) is 0 Å². The van der Waals surface area contributed by atoms with Crippen LogP contribution in [-0.2, 0) is 0 Å². The first-order valence-electron chi connectivity index (χ1n) is 9.05. The van der Waals surface area contributed by atoms with Gasteiger partial charge in [0, 0.05) is 28.7 Å². The zero-order chi connectivity index (χ0) is 17.3. The minimum atomic E-state index is 0.352. The van der Waals surface area contributed by atoms with Gasteiger partial charge in [-0.15, -0.1) is 0 Å². The predicted octanol–water partition coefficient (Wildman–Crippen LogP) is 6.16. The van der Waals surface area contributed by atoms with Gasteiger partial charge in [0.1, 0.15) is 0 Å². The third kappa shape index (κ3) is 2.51. The molecule has 2 aliphatic rings. The maximum atomic E-state index is 3.45. The minimum Gasteiger partial charge on any atom is -0.356 e. The summed E-state index contributed by atoms with van der Waals surface area (Å²) in [4.78, 5) is 2.45. The first kappa shape index (κ1) is 15.0. The standard InChI is InChI=1S/C24H20N2/c1-2-8-18(9-3-1)25-19-14-16-20(17-15-19)26-23-12-6-4-10-21(23)22-11-5-7-13-24(22)26/h1-17,21,23,25H. The lowest BCUT2D eigenvalue weighted by Crippen LogP contribution is -2.28. The van der Waals surface area contributed by atoms with E-state index in [-0.39, 0.29) is 0 Å².